The third-order valence-electron chi connectivity index (χ3n) is 1.61. The molecule has 0 atom stereocenters. The molecular formula is C9H13N3O. The first-order chi connectivity index (χ1) is 6.24. The molecule has 1 aromatic rings. The minimum atomic E-state index is 0.0252. The second-order valence-electron chi connectivity index (χ2n) is 2.65. The second kappa shape index (κ2) is 4.47. The van der Waals surface area contributed by atoms with E-state index in [-0.39, 0.29) is 6.61 Å². The van der Waals surface area contributed by atoms with Crippen LogP contribution in [0.1, 0.15) is 5.56 Å². The van der Waals surface area contributed by atoms with Crippen LogP contribution < -0.4 is 11.1 Å². The van der Waals surface area contributed by atoms with Crippen LogP contribution in [-0.4, -0.2) is 24.1 Å². The molecule has 4 heteroatoms. The van der Waals surface area contributed by atoms with Crippen LogP contribution in [0.3, 0.4) is 0 Å². The van der Waals surface area contributed by atoms with E-state index in [2.05, 4.69) is 5.32 Å². The summed E-state index contributed by atoms with van der Waals surface area (Å²) < 4.78 is 0. The Hall–Kier alpha value is -1.55. The monoisotopic (exact) mass is 179 g/mol. The lowest BCUT2D eigenvalue weighted by Gasteiger charge is -2.05. The minimum Gasteiger partial charge on any atom is -0.399 e. The van der Waals surface area contributed by atoms with Crippen molar-refractivity contribution in [3.63, 3.8) is 0 Å². The summed E-state index contributed by atoms with van der Waals surface area (Å²) in [5.41, 5.74) is 6.94. The van der Waals surface area contributed by atoms with Gasteiger partial charge in [0.05, 0.1) is 6.61 Å². The zero-order valence-corrected chi connectivity index (χ0v) is 7.25. The van der Waals surface area contributed by atoms with Gasteiger partial charge in [0.25, 0.3) is 0 Å². The van der Waals surface area contributed by atoms with Gasteiger partial charge >= 0.3 is 0 Å². The van der Waals surface area contributed by atoms with E-state index in [0.29, 0.717) is 18.1 Å². The molecule has 1 aromatic carbocycles. The Balaban J connectivity index is 2.61. The molecule has 13 heavy (non-hydrogen) atoms. The molecule has 0 aromatic heterocycles. The summed E-state index contributed by atoms with van der Waals surface area (Å²) >= 11 is 0. The fourth-order valence-corrected chi connectivity index (χ4v) is 0.933. The summed E-state index contributed by atoms with van der Waals surface area (Å²) in [7, 11) is 0. The van der Waals surface area contributed by atoms with Crippen molar-refractivity contribution < 1.29 is 5.11 Å². The molecule has 0 unspecified atom stereocenters. The van der Waals surface area contributed by atoms with Gasteiger partial charge in [-0.15, -0.1) is 0 Å². The molecule has 70 valence electrons. The molecule has 0 saturated heterocycles. The van der Waals surface area contributed by atoms with Crippen LogP contribution in [0.25, 0.3) is 0 Å². The van der Waals surface area contributed by atoms with E-state index in [9.17, 15) is 0 Å². The van der Waals surface area contributed by atoms with E-state index in [0.717, 1.165) is 5.56 Å². The Labute approximate surface area is 76.9 Å². The summed E-state index contributed by atoms with van der Waals surface area (Å²) in [5, 5.41) is 18.8. The number of nitrogens with one attached hydrogen (secondary N) is 2. The molecule has 0 aliphatic rings. The van der Waals surface area contributed by atoms with Crippen molar-refractivity contribution in [1.29, 1.82) is 5.41 Å². The van der Waals surface area contributed by atoms with Gasteiger partial charge in [-0.05, 0) is 24.3 Å². The summed E-state index contributed by atoms with van der Waals surface area (Å²) in [6, 6.07) is 7.01. The number of nitrogen functional groups attached to an aromatic ring is 1. The lowest BCUT2D eigenvalue weighted by molar-refractivity contribution is 0.300. The van der Waals surface area contributed by atoms with Crippen LogP contribution >= 0.6 is 0 Å². The molecule has 0 heterocycles. The zero-order chi connectivity index (χ0) is 9.68. The molecule has 1 rings (SSSR count). The largest absolute Gasteiger partial charge is 0.399 e. The van der Waals surface area contributed by atoms with Gasteiger partial charge in [-0.25, -0.2) is 0 Å². The Morgan fingerprint density at radius 1 is 1.38 bits per heavy atom. The number of anilines is 1. The van der Waals surface area contributed by atoms with E-state index in [1.807, 2.05) is 0 Å². The van der Waals surface area contributed by atoms with E-state index in [4.69, 9.17) is 16.2 Å². The highest BCUT2D eigenvalue weighted by Crippen LogP contribution is 2.04. The fraction of sp³-hybridized carbons (Fsp3) is 0.222. The highest BCUT2D eigenvalue weighted by atomic mass is 16.3. The van der Waals surface area contributed by atoms with Crippen molar-refractivity contribution in [2.24, 2.45) is 0 Å². The summed E-state index contributed by atoms with van der Waals surface area (Å²) in [4.78, 5) is 0. The quantitative estimate of drug-likeness (QED) is 0.303. The van der Waals surface area contributed by atoms with E-state index >= 15 is 0 Å². The number of rotatable bonds is 3. The molecule has 0 fully saturated rings. The zero-order valence-electron chi connectivity index (χ0n) is 7.25. The third kappa shape index (κ3) is 2.76. The Morgan fingerprint density at radius 2 is 2.00 bits per heavy atom. The molecule has 4 nitrogen and oxygen atoms in total. The smallest absolute Gasteiger partial charge is 0.125 e. The van der Waals surface area contributed by atoms with Gasteiger partial charge in [0.1, 0.15) is 5.84 Å². The van der Waals surface area contributed by atoms with Crippen molar-refractivity contribution in [3.8, 4) is 0 Å². The molecular weight excluding hydrogens is 166 g/mol. The maximum absolute atomic E-state index is 8.53. The topological polar surface area (TPSA) is 82.1 Å². The third-order valence-corrected chi connectivity index (χ3v) is 1.61. The van der Waals surface area contributed by atoms with E-state index in [1.54, 1.807) is 24.3 Å². The molecule has 0 aliphatic heterocycles. The maximum atomic E-state index is 8.53. The van der Waals surface area contributed by atoms with Gasteiger partial charge in [-0.2, -0.15) is 0 Å². The minimum absolute atomic E-state index is 0.0252. The average molecular weight is 179 g/mol. The van der Waals surface area contributed by atoms with Crippen LogP contribution in [0, 0.1) is 5.41 Å². The molecule has 0 amide bonds. The van der Waals surface area contributed by atoms with Crippen molar-refractivity contribution in [3.05, 3.63) is 29.8 Å². The normalized spacial score (nSPS) is 9.62. The number of aliphatic hydroxyl groups is 1. The lowest BCUT2D eigenvalue weighted by Crippen LogP contribution is -2.26. The van der Waals surface area contributed by atoms with Gasteiger partial charge in [0.2, 0.25) is 0 Å². The SMILES string of the molecule is N=C(NCCO)c1ccc(N)cc1. The highest BCUT2D eigenvalue weighted by molar-refractivity contribution is 5.96. The fourth-order valence-electron chi connectivity index (χ4n) is 0.933. The highest BCUT2D eigenvalue weighted by Gasteiger charge is 1.98. The maximum Gasteiger partial charge on any atom is 0.125 e. The Kier molecular flexibility index (Phi) is 3.28. The van der Waals surface area contributed by atoms with Crippen molar-refractivity contribution in [2.75, 3.05) is 18.9 Å². The van der Waals surface area contributed by atoms with Gasteiger partial charge in [-0.1, -0.05) is 0 Å². The molecule has 0 saturated carbocycles. The van der Waals surface area contributed by atoms with Gasteiger partial charge in [0.15, 0.2) is 0 Å². The van der Waals surface area contributed by atoms with E-state index < -0.39 is 0 Å². The van der Waals surface area contributed by atoms with Gasteiger partial charge in [0, 0.05) is 17.8 Å². The number of amidine groups is 1. The van der Waals surface area contributed by atoms with Gasteiger partial charge < -0.3 is 16.2 Å². The van der Waals surface area contributed by atoms with Crippen molar-refractivity contribution >= 4 is 11.5 Å². The lowest BCUT2D eigenvalue weighted by atomic mass is 10.2. The molecule has 0 spiro atoms. The predicted octanol–water partition coefficient (Wildman–Crippen LogP) is 0.176. The first-order valence-corrected chi connectivity index (χ1v) is 4.03. The number of hydrogen-bond donors (Lipinski definition) is 4. The van der Waals surface area contributed by atoms with Crippen molar-refractivity contribution in [1.82, 2.24) is 5.32 Å². The van der Waals surface area contributed by atoms with Crippen molar-refractivity contribution in [2.45, 2.75) is 0 Å². The molecule has 0 radical (unpaired) electrons. The van der Waals surface area contributed by atoms with Crippen LogP contribution in [0.4, 0.5) is 5.69 Å². The van der Waals surface area contributed by atoms with Crippen LogP contribution in [0.2, 0.25) is 0 Å². The first kappa shape index (κ1) is 9.54. The van der Waals surface area contributed by atoms with E-state index in [1.165, 1.54) is 0 Å². The predicted molar refractivity (Wildman–Crippen MR) is 52.8 cm³/mol. The van der Waals surface area contributed by atoms with Crippen LogP contribution in [0.5, 0.6) is 0 Å². The molecule has 0 aliphatic carbocycles. The number of hydrogen-bond acceptors (Lipinski definition) is 3. The van der Waals surface area contributed by atoms with Gasteiger partial charge in [-0.3, -0.25) is 5.41 Å². The summed E-state index contributed by atoms with van der Waals surface area (Å²) in [5.74, 6) is 0.300. The molecule has 5 N–H and O–H groups in total. The second-order valence-corrected chi connectivity index (χ2v) is 2.65. The van der Waals surface area contributed by atoms with Crippen LogP contribution in [-0.2, 0) is 0 Å². The first-order valence-electron chi connectivity index (χ1n) is 4.03. The Morgan fingerprint density at radius 3 is 2.54 bits per heavy atom. The average Bonchev–Trinajstić information content (AvgIpc) is 2.15. The number of benzene rings is 1. The summed E-state index contributed by atoms with van der Waals surface area (Å²) in [6.07, 6.45) is 0. The Bertz CT molecular complexity index is 281. The molecule has 0 bridgehead atoms. The number of nitrogens with two attached hydrogens (primary N) is 1. The summed E-state index contributed by atoms with van der Waals surface area (Å²) in [6.45, 7) is 0.417. The van der Waals surface area contributed by atoms with Crippen LogP contribution in [0.15, 0.2) is 24.3 Å². The standard InChI is InChI=1S/C9H13N3O/c10-8-3-1-7(2-4-8)9(11)12-5-6-13/h1-4,13H,5-6,10H2,(H2,11,12). The number of aliphatic hydroxyl groups excluding tert-OH is 1.